The number of anilines is 1. The Labute approximate surface area is 162 Å². The number of aryl methyl sites for hydroxylation is 2. The molecule has 1 aromatic heterocycles. The third-order valence-corrected chi connectivity index (χ3v) is 4.80. The van der Waals surface area contributed by atoms with Crippen LogP contribution in [0.1, 0.15) is 29.7 Å². The summed E-state index contributed by atoms with van der Waals surface area (Å²) >= 11 is 3.50. The number of hydrogen-bond donors (Lipinski definition) is 1. The van der Waals surface area contributed by atoms with Crippen LogP contribution in [0.2, 0.25) is 0 Å². The molecule has 1 N–H and O–H groups in total. The van der Waals surface area contributed by atoms with E-state index in [4.69, 9.17) is 0 Å². The second kappa shape index (κ2) is 7.83. The van der Waals surface area contributed by atoms with Crippen LogP contribution in [-0.2, 0) is 4.79 Å². The van der Waals surface area contributed by atoms with Crippen LogP contribution in [0.4, 0.5) is 5.69 Å². The highest BCUT2D eigenvalue weighted by Crippen LogP contribution is 2.25. The lowest BCUT2D eigenvalue weighted by molar-refractivity contribution is -0.117. The second-order valence-electron chi connectivity index (χ2n) is 6.54. The number of nitrogens with one attached hydrogen (secondary N) is 1. The number of aromatic nitrogens is 1. The highest BCUT2D eigenvalue weighted by Gasteiger charge is 2.16. The minimum atomic E-state index is -0.228. The number of amides is 1. The molecule has 1 amide bonds. The number of pyridine rings is 1. The Morgan fingerprint density at radius 1 is 1.00 bits per heavy atom. The Bertz CT molecular complexity index is 915. The van der Waals surface area contributed by atoms with E-state index in [1.54, 1.807) is 0 Å². The third kappa shape index (κ3) is 4.38. The van der Waals surface area contributed by atoms with E-state index >= 15 is 0 Å². The van der Waals surface area contributed by atoms with Gasteiger partial charge in [-0.05, 0) is 79.4 Å². The van der Waals surface area contributed by atoms with Gasteiger partial charge in [0.15, 0.2) is 0 Å². The lowest BCUT2D eigenvalue weighted by atomic mass is 9.98. The first kappa shape index (κ1) is 18.3. The molecule has 3 nitrogen and oxygen atoms in total. The van der Waals surface area contributed by atoms with Gasteiger partial charge in [-0.1, -0.05) is 34.1 Å². The van der Waals surface area contributed by atoms with Crippen molar-refractivity contribution in [2.24, 2.45) is 0 Å². The molecular weight excluding hydrogens is 388 g/mol. The molecule has 1 unspecified atom stereocenters. The van der Waals surface area contributed by atoms with Gasteiger partial charge in [0.05, 0.1) is 5.92 Å². The Morgan fingerprint density at radius 2 is 1.73 bits per heavy atom. The lowest BCUT2D eigenvalue weighted by Gasteiger charge is -2.14. The minimum Gasteiger partial charge on any atom is -0.326 e. The molecule has 0 aliphatic carbocycles. The van der Waals surface area contributed by atoms with Crippen molar-refractivity contribution in [1.29, 1.82) is 0 Å². The molecule has 0 saturated carbocycles. The monoisotopic (exact) mass is 408 g/mol. The Kier molecular flexibility index (Phi) is 5.52. The summed E-state index contributed by atoms with van der Waals surface area (Å²) in [6, 6.07) is 18.0. The van der Waals surface area contributed by atoms with E-state index in [1.807, 2.05) is 81.6 Å². The van der Waals surface area contributed by atoms with Crippen LogP contribution < -0.4 is 5.32 Å². The highest BCUT2D eigenvalue weighted by molar-refractivity contribution is 9.10. The quantitative estimate of drug-likeness (QED) is 0.586. The SMILES string of the molecule is Cc1cc(Br)cc(C(C)C(=O)Nc2ccc(-c3ccnc(C)c3)cc2)c1. The summed E-state index contributed by atoms with van der Waals surface area (Å²) in [4.78, 5) is 16.8. The molecular formula is C22H21BrN2O. The van der Waals surface area contributed by atoms with Crippen molar-refractivity contribution in [1.82, 2.24) is 4.98 Å². The van der Waals surface area contributed by atoms with Crippen molar-refractivity contribution in [3.05, 3.63) is 82.1 Å². The summed E-state index contributed by atoms with van der Waals surface area (Å²) in [5, 5.41) is 3.00. The van der Waals surface area contributed by atoms with Gasteiger partial charge < -0.3 is 5.32 Å². The molecule has 0 radical (unpaired) electrons. The molecule has 4 heteroatoms. The molecule has 2 aromatic carbocycles. The fourth-order valence-corrected chi connectivity index (χ4v) is 3.51. The molecule has 1 atom stereocenters. The largest absolute Gasteiger partial charge is 0.326 e. The number of carbonyl (C=O) groups excluding carboxylic acids is 1. The fraction of sp³-hybridized carbons (Fsp3) is 0.182. The standard InChI is InChI=1S/C22H21BrN2O/c1-14-10-19(13-20(23)11-14)16(3)22(26)25-21-6-4-17(5-7-21)18-8-9-24-15(2)12-18/h4-13,16H,1-3H3,(H,25,26). The van der Waals surface area contributed by atoms with Crippen LogP contribution >= 0.6 is 15.9 Å². The number of hydrogen-bond acceptors (Lipinski definition) is 2. The number of halogens is 1. The smallest absolute Gasteiger partial charge is 0.231 e. The van der Waals surface area contributed by atoms with E-state index in [2.05, 4.69) is 26.2 Å². The van der Waals surface area contributed by atoms with Crippen LogP contribution in [0.25, 0.3) is 11.1 Å². The molecule has 0 aliphatic heterocycles. The van der Waals surface area contributed by atoms with Crippen molar-refractivity contribution in [3.8, 4) is 11.1 Å². The lowest BCUT2D eigenvalue weighted by Crippen LogP contribution is -2.18. The maximum absolute atomic E-state index is 12.6. The zero-order chi connectivity index (χ0) is 18.7. The van der Waals surface area contributed by atoms with E-state index in [0.717, 1.165) is 38.1 Å². The van der Waals surface area contributed by atoms with Gasteiger partial charge in [-0.2, -0.15) is 0 Å². The van der Waals surface area contributed by atoms with Crippen molar-refractivity contribution < 1.29 is 4.79 Å². The molecule has 132 valence electrons. The summed E-state index contributed by atoms with van der Waals surface area (Å²) in [5.41, 5.74) is 6.13. The van der Waals surface area contributed by atoms with Gasteiger partial charge in [0, 0.05) is 22.1 Å². The molecule has 1 heterocycles. The molecule has 0 bridgehead atoms. The topological polar surface area (TPSA) is 42.0 Å². The van der Waals surface area contributed by atoms with Gasteiger partial charge in [-0.3, -0.25) is 9.78 Å². The molecule has 26 heavy (non-hydrogen) atoms. The van der Waals surface area contributed by atoms with Crippen molar-refractivity contribution in [3.63, 3.8) is 0 Å². The van der Waals surface area contributed by atoms with Gasteiger partial charge >= 0.3 is 0 Å². The van der Waals surface area contributed by atoms with Crippen LogP contribution in [0.3, 0.4) is 0 Å². The third-order valence-electron chi connectivity index (χ3n) is 4.34. The van der Waals surface area contributed by atoms with E-state index in [-0.39, 0.29) is 11.8 Å². The Morgan fingerprint density at radius 3 is 2.38 bits per heavy atom. The second-order valence-corrected chi connectivity index (χ2v) is 7.45. The number of benzene rings is 2. The van der Waals surface area contributed by atoms with Crippen LogP contribution in [0.15, 0.2) is 65.3 Å². The number of carbonyl (C=O) groups is 1. The highest BCUT2D eigenvalue weighted by atomic mass is 79.9. The van der Waals surface area contributed by atoms with E-state index in [0.29, 0.717) is 0 Å². The fourth-order valence-electron chi connectivity index (χ4n) is 2.89. The van der Waals surface area contributed by atoms with Gasteiger partial charge in [0.2, 0.25) is 5.91 Å². The summed E-state index contributed by atoms with van der Waals surface area (Å²) in [6.07, 6.45) is 1.81. The Balaban J connectivity index is 1.73. The summed E-state index contributed by atoms with van der Waals surface area (Å²) in [7, 11) is 0. The first-order chi connectivity index (χ1) is 12.4. The zero-order valence-corrected chi connectivity index (χ0v) is 16.7. The normalized spacial score (nSPS) is 11.8. The maximum Gasteiger partial charge on any atom is 0.231 e. The molecule has 0 spiro atoms. The Hall–Kier alpha value is -2.46. The van der Waals surface area contributed by atoms with Gasteiger partial charge in [-0.25, -0.2) is 0 Å². The van der Waals surface area contributed by atoms with E-state index in [1.165, 1.54) is 0 Å². The average Bonchev–Trinajstić information content (AvgIpc) is 2.61. The predicted octanol–water partition coefficient (Wildman–Crippen LogP) is 5.87. The molecule has 3 aromatic rings. The zero-order valence-electron chi connectivity index (χ0n) is 15.1. The molecule has 0 aliphatic rings. The summed E-state index contributed by atoms with van der Waals surface area (Å²) in [5.74, 6) is -0.247. The van der Waals surface area contributed by atoms with Crippen LogP contribution in [0.5, 0.6) is 0 Å². The summed E-state index contributed by atoms with van der Waals surface area (Å²) in [6.45, 7) is 5.92. The van der Waals surface area contributed by atoms with Crippen molar-refractivity contribution >= 4 is 27.5 Å². The average molecular weight is 409 g/mol. The van der Waals surface area contributed by atoms with Crippen molar-refractivity contribution in [2.45, 2.75) is 26.7 Å². The van der Waals surface area contributed by atoms with Crippen LogP contribution in [0, 0.1) is 13.8 Å². The molecule has 0 fully saturated rings. The van der Waals surface area contributed by atoms with Gasteiger partial charge in [0.1, 0.15) is 0 Å². The van der Waals surface area contributed by atoms with Gasteiger partial charge in [-0.15, -0.1) is 0 Å². The maximum atomic E-state index is 12.6. The predicted molar refractivity (Wildman–Crippen MR) is 110 cm³/mol. The first-order valence-corrected chi connectivity index (χ1v) is 9.33. The van der Waals surface area contributed by atoms with Crippen LogP contribution in [-0.4, -0.2) is 10.9 Å². The number of rotatable bonds is 4. The van der Waals surface area contributed by atoms with Crippen molar-refractivity contribution in [2.75, 3.05) is 5.32 Å². The van der Waals surface area contributed by atoms with E-state index in [9.17, 15) is 4.79 Å². The molecule has 3 rings (SSSR count). The number of nitrogens with zero attached hydrogens (tertiary/aromatic N) is 1. The van der Waals surface area contributed by atoms with Gasteiger partial charge in [0.25, 0.3) is 0 Å². The minimum absolute atomic E-state index is 0.0185. The first-order valence-electron chi connectivity index (χ1n) is 8.53. The molecule has 0 saturated heterocycles. The van der Waals surface area contributed by atoms with E-state index < -0.39 is 0 Å². The summed E-state index contributed by atoms with van der Waals surface area (Å²) < 4.78 is 0.990.